The van der Waals surface area contributed by atoms with Crippen LogP contribution in [0.5, 0.6) is 0 Å². The molecule has 0 unspecified atom stereocenters. The molecule has 0 aromatic heterocycles. The molecule has 3 rings (SSSR count). The number of benzene rings is 2. The van der Waals surface area contributed by atoms with E-state index in [1.807, 2.05) is 0 Å². The standard InChI is InChI=1S/C22H29ClN4O3S/c1-26-14-16-27(17-15-26)13-5-4-12-24-22(28)20-6-2-3-7-21(20)25-31(29,30)19-10-8-18(23)9-11-19/h2-3,6-11,25H,4-5,12-17H2,1H3,(H,24,28). The zero-order valence-electron chi connectivity index (χ0n) is 17.7. The summed E-state index contributed by atoms with van der Waals surface area (Å²) in [6.07, 6.45) is 1.88. The molecule has 0 bridgehead atoms. The summed E-state index contributed by atoms with van der Waals surface area (Å²) in [6, 6.07) is 12.5. The number of hydrogen-bond acceptors (Lipinski definition) is 5. The molecule has 168 valence electrons. The van der Waals surface area contributed by atoms with Gasteiger partial charge in [0, 0.05) is 37.7 Å². The maximum absolute atomic E-state index is 12.7. The van der Waals surface area contributed by atoms with Crippen molar-refractivity contribution >= 4 is 33.2 Å². The van der Waals surface area contributed by atoms with Gasteiger partial charge in [-0.25, -0.2) is 8.42 Å². The molecule has 9 heteroatoms. The molecule has 1 aliphatic heterocycles. The molecule has 1 fully saturated rings. The molecule has 0 aliphatic carbocycles. The Kier molecular flexibility index (Phi) is 8.31. The van der Waals surface area contributed by atoms with Gasteiger partial charge in [-0.15, -0.1) is 0 Å². The first kappa shape index (κ1) is 23.5. The van der Waals surface area contributed by atoms with E-state index in [2.05, 4.69) is 26.9 Å². The lowest BCUT2D eigenvalue weighted by Crippen LogP contribution is -2.44. The minimum absolute atomic E-state index is 0.0796. The summed E-state index contributed by atoms with van der Waals surface area (Å²) in [6.45, 7) is 5.94. The van der Waals surface area contributed by atoms with Gasteiger partial charge >= 0.3 is 0 Å². The Morgan fingerprint density at radius 3 is 2.39 bits per heavy atom. The van der Waals surface area contributed by atoms with Crippen molar-refractivity contribution in [3.63, 3.8) is 0 Å². The number of anilines is 1. The summed E-state index contributed by atoms with van der Waals surface area (Å²) < 4.78 is 27.8. The van der Waals surface area contributed by atoms with Crippen LogP contribution in [-0.2, 0) is 10.0 Å². The highest BCUT2D eigenvalue weighted by Crippen LogP contribution is 2.21. The second-order valence-electron chi connectivity index (χ2n) is 7.71. The normalized spacial score (nSPS) is 15.5. The summed E-state index contributed by atoms with van der Waals surface area (Å²) in [4.78, 5) is 17.5. The van der Waals surface area contributed by atoms with E-state index >= 15 is 0 Å². The van der Waals surface area contributed by atoms with Gasteiger partial charge in [0.2, 0.25) is 0 Å². The highest BCUT2D eigenvalue weighted by molar-refractivity contribution is 7.92. The largest absolute Gasteiger partial charge is 0.352 e. The second kappa shape index (κ2) is 10.9. The highest BCUT2D eigenvalue weighted by atomic mass is 35.5. The monoisotopic (exact) mass is 464 g/mol. The minimum atomic E-state index is -3.83. The fraction of sp³-hybridized carbons (Fsp3) is 0.409. The lowest BCUT2D eigenvalue weighted by Gasteiger charge is -2.32. The molecule has 0 atom stereocenters. The number of halogens is 1. The fourth-order valence-corrected chi connectivity index (χ4v) is 4.62. The van der Waals surface area contributed by atoms with Crippen LogP contribution in [0.3, 0.4) is 0 Å². The van der Waals surface area contributed by atoms with Crippen LogP contribution < -0.4 is 10.0 Å². The van der Waals surface area contributed by atoms with E-state index in [1.165, 1.54) is 24.3 Å². The average Bonchev–Trinajstić information content (AvgIpc) is 2.75. The predicted octanol–water partition coefficient (Wildman–Crippen LogP) is 2.90. The third kappa shape index (κ3) is 6.93. The van der Waals surface area contributed by atoms with Crippen molar-refractivity contribution in [3.05, 3.63) is 59.1 Å². The van der Waals surface area contributed by atoms with Crippen LogP contribution >= 0.6 is 11.6 Å². The Hall–Kier alpha value is -2.13. The first-order valence-corrected chi connectivity index (χ1v) is 12.3. The maximum Gasteiger partial charge on any atom is 0.261 e. The molecular formula is C22H29ClN4O3S. The molecular weight excluding hydrogens is 436 g/mol. The van der Waals surface area contributed by atoms with E-state index in [1.54, 1.807) is 24.3 Å². The van der Waals surface area contributed by atoms with Gasteiger partial charge in [0.05, 0.1) is 16.1 Å². The van der Waals surface area contributed by atoms with E-state index < -0.39 is 10.0 Å². The first-order valence-electron chi connectivity index (χ1n) is 10.4. The summed E-state index contributed by atoms with van der Waals surface area (Å²) >= 11 is 5.84. The number of unbranched alkanes of at least 4 members (excludes halogenated alkanes) is 1. The van der Waals surface area contributed by atoms with Gasteiger partial charge in [0.1, 0.15) is 0 Å². The van der Waals surface area contributed by atoms with Crippen molar-refractivity contribution in [1.29, 1.82) is 0 Å². The summed E-state index contributed by atoms with van der Waals surface area (Å²) in [5, 5.41) is 3.35. The molecule has 0 saturated carbocycles. The molecule has 2 aromatic rings. The van der Waals surface area contributed by atoms with Crippen molar-refractivity contribution < 1.29 is 13.2 Å². The summed E-state index contributed by atoms with van der Waals surface area (Å²) in [7, 11) is -1.69. The van der Waals surface area contributed by atoms with E-state index in [4.69, 9.17) is 11.6 Å². The number of nitrogens with one attached hydrogen (secondary N) is 2. The van der Waals surface area contributed by atoms with E-state index in [9.17, 15) is 13.2 Å². The van der Waals surface area contributed by atoms with Crippen LogP contribution in [0.2, 0.25) is 5.02 Å². The number of piperazine rings is 1. The number of carbonyl (C=O) groups is 1. The first-order chi connectivity index (χ1) is 14.8. The number of rotatable bonds is 9. The van der Waals surface area contributed by atoms with Crippen LogP contribution in [-0.4, -0.2) is 70.4 Å². The van der Waals surface area contributed by atoms with Crippen molar-refractivity contribution in [2.24, 2.45) is 0 Å². The molecule has 1 amide bonds. The number of nitrogens with zero attached hydrogens (tertiary/aromatic N) is 2. The van der Waals surface area contributed by atoms with E-state index in [0.717, 1.165) is 45.6 Å². The van der Waals surface area contributed by atoms with Gasteiger partial charge in [-0.2, -0.15) is 0 Å². The molecule has 1 heterocycles. The number of hydrogen-bond donors (Lipinski definition) is 2. The van der Waals surface area contributed by atoms with Crippen LogP contribution in [0.1, 0.15) is 23.2 Å². The van der Waals surface area contributed by atoms with Crippen LogP contribution in [0, 0.1) is 0 Å². The SMILES string of the molecule is CN1CCN(CCCCNC(=O)c2ccccc2NS(=O)(=O)c2ccc(Cl)cc2)CC1. The molecule has 0 radical (unpaired) electrons. The Morgan fingerprint density at radius 2 is 1.68 bits per heavy atom. The number of likely N-dealkylation sites (N-methyl/N-ethyl adjacent to an activating group) is 1. The Morgan fingerprint density at radius 1 is 1.00 bits per heavy atom. The van der Waals surface area contributed by atoms with Crippen LogP contribution in [0.25, 0.3) is 0 Å². The lowest BCUT2D eigenvalue weighted by atomic mass is 10.1. The molecule has 0 spiro atoms. The smallest absolute Gasteiger partial charge is 0.261 e. The molecule has 2 aromatic carbocycles. The zero-order valence-corrected chi connectivity index (χ0v) is 19.3. The summed E-state index contributed by atoms with van der Waals surface area (Å²) in [5.74, 6) is -0.297. The van der Waals surface area contributed by atoms with Crippen LogP contribution in [0.15, 0.2) is 53.4 Å². The Balaban J connectivity index is 1.52. The van der Waals surface area contributed by atoms with Gasteiger partial charge in [-0.05, 0) is 62.8 Å². The van der Waals surface area contributed by atoms with Gasteiger partial charge in [-0.1, -0.05) is 23.7 Å². The quantitative estimate of drug-likeness (QED) is 0.557. The number of para-hydroxylation sites is 1. The van der Waals surface area contributed by atoms with Crippen LogP contribution in [0.4, 0.5) is 5.69 Å². The third-order valence-corrected chi connectivity index (χ3v) is 6.96. The molecule has 31 heavy (non-hydrogen) atoms. The highest BCUT2D eigenvalue weighted by Gasteiger charge is 2.18. The topological polar surface area (TPSA) is 81.8 Å². The summed E-state index contributed by atoms with van der Waals surface area (Å²) in [5.41, 5.74) is 0.534. The van der Waals surface area contributed by atoms with Gasteiger partial charge in [0.25, 0.3) is 15.9 Å². The number of amides is 1. The van der Waals surface area contributed by atoms with Gasteiger partial charge in [0.15, 0.2) is 0 Å². The predicted molar refractivity (Wildman–Crippen MR) is 124 cm³/mol. The lowest BCUT2D eigenvalue weighted by molar-refractivity contribution is 0.0952. The fourth-order valence-electron chi connectivity index (χ4n) is 3.42. The number of carbonyl (C=O) groups excluding carboxylic acids is 1. The number of sulfonamides is 1. The minimum Gasteiger partial charge on any atom is -0.352 e. The Labute approximate surface area is 189 Å². The molecule has 2 N–H and O–H groups in total. The van der Waals surface area contributed by atoms with Crippen molar-refractivity contribution in [2.45, 2.75) is 17.7 Å². The van der Waals surface area contributed by atoms with E-state index in [-0.39, 0.29) is 16.5 Å². The van der Waals surface area contributed by atoms with Crippen molar-refractivity contribution in [1.82, 2.24) is 15.1 Å². The zero-order chi connectivity index (χ0) is 22.3. The molecule has 7 nitrogen and oxygen atoms in total. The molecule has 1 saturated heterocycles. The average molecular weight is 465 g/mol. The van der Waals surface area contributed by atoms with Gasteiger partial charge in [-0.3, -0.25) is 9.52 Å². The van der Waals surface area contributed by atoms with E-state index in [0.29, 0.717) is 17.1 Å². The third-order valence-electron chi connectivity index (χ3n) is 5.32. The van der Waals surface area contributed by atoms with Crippen molar-refractivity contribution in [3.8, 4) is 0 Å². The van der Waals surface area contributed by atoms with Crippen molar-refractivity contribution in [2.75, 3.05) is 51.0 Å². The second-order valence-corrected chi connectivity index (χ2v) is 9.83. The maximum atomic E-state index is 12.7. The van der Waals surface area contributed by atoms with Gasteiger partial charge < -0.3 is 15.1 Å². The molecule has 1 aliphatic rings. The Bertz CT molecular complexity index is 975.